The molecule has 2 aromatic carbocycles. The smallest absolute Gasteiger partial charge is 0.321 e. The molecule has 2 aliphatic heterocycles. The average Bonchev–Trinajstić information content (AvgIpc) is 3.04. The molecule has 87 heavy (non-hydrogen) atoms. The second kappa shape index (κ2) is 35.5. The van der Waals surface area contributed by atoms with Crippen molar-refractivity contribution in [3.8, 4) is 11.5 Å². The van der Waals surface area contributed by atoms with Crippen molar-refractivity contribution in [3.63, 3.8) is 0 Å². The molecule has 2 fully saturated rings. The van der Waals surface area contributed by atoms with Gasteiger partial charge in [0.25, 0.3) is 0 Å². The van der Waals surface area contributed by atoms with Crippen LogP contribution in [0.3, 0.4) is 0 Å². The zero-order valence-electron chi connectivity index (χ0n) is 50.9. The number of aromatic nitrogens is 6. The van der Waals surface area contributed by atoms with Gasteiger partial charge in [0.2, 0.25) is 17.7 Å². The molecule has 472 valence electrons. The molecule has 5 aromatic rings. The molecule has 3 N–H and O–H groups in total. The zero-order chi connectivity index (χ0) is 61.0. The number of unbranched alkanes of at least 4 members (excludes halogenated alkanes) is 1. The zero-order valence-corrected chi connectivity index (χ0v) is 51.7. The van der Waals surface area contributed by atoms with Gasteiger partial charge in [-0.15, -0.1) is 16.4 Å². The van der Waals surface area contributed by atoms with Crippen LogP contribution in [0.4, 0.5) is 9.93 Å². The number of hydrogen-bond donors (Lipinski definition) is 3. The second-order valence-corrected chi connectivity index (χ2v) is 22.8. The standard InChI is InChI=1S/C62H87N13O11S/c1-70(24-5-6-31-85-54-16-7-47(8-17-54)11-20-57(76)75(52-22-33-81-34-23-52)59(56-44-72(3)46-64-56)60(78)63-42-48-9-14-53(80-4)15-10-48)29-35-83-38-37-82-32-21-50-43-74(69-68-50)30-36-84-39-40-86-55-18-12-49(13-19-55)65-61(79)67-62-66-51(45-87-62)41-58(77)73-27-25-71(2)26-28-73/h7-10,12,14-19,43-46,49,52,59H,5-6,11,13,20-42H2,1-4H3,(H,63,78)(H2,65,66,67,79). The van der Waals surface area contributed by atoms with Crippen LogP contribution in [0.25, 0.3) is 0 Å². The Hall–Kier alpha value is -7.26. The second-order valence-electron chi connectivity index (χ2n) is 21.9. The maximum atomic E-state index is 14.3. The van der Waals surface area contributed by atoms with Gasteiger partial charge in [0.1, 0.15) is 23.9 Å². The minimum atomic E-state index is -0.892. The summed E-state index contributed by atoms with van der Waals surface area (Å²) in [6, 6.07) is 13.8. The number of hydrogen-bond acceptors (Lipinski definition) is 18. The van der Waals surface area contributed by atoms with E-state index < -0.39 is 6.04 Å². The van der Waals surface area contributed by atoms with Gasteiger partial charge in [-0.3, -0.25) is 19.7 Å². The highest BCUT2D eigenvalue weighted by Gasteiger charge is 2.38. The van der Waals surface area contributed by atoms with Gasteiger partial charge < -0.3 is 68.0 Å². The Labute approximate surface area is 514 Å². The van der Waals surface area contributed by atoms with Crippen LogP contribution in [0.15, 0.2) is 96.6 Å². The number of aryl methyl sites for hydroxylation is 2. The van der Waals surface area contributed by atoms with E-state index in [2.05, 4.69) is 60.1 Å². The molecule has 2 saturated heterocycles. The first-order valence-corrected chi connectivity index (χ1v) is 31.1. The Balaban J connectivity index is 0.607. The summed E-state index contributed by atoms with van der Waals surface area (Å²) in [5.74, 6) is 1.92. The highest BCUT2D eigenvalue weighted by molar-refractivity contribution is 7.13. The van der Waals surface area contributed by atoms with Gasteiger partial charge in [-0.25, -0.2) is 19.4 Å². The number of anilines is 1. The quantitative estimate of drug-likeness (QED) is 0.0435. The number of piperazine rings is 1. The van der Waals surface area contributed by atoms with Gasteiger partial charge in [-0.1, -0.05) is 35.6 Å². The number of rotatable bonds is 36. The van der Waals surface area contributed by atoms with E-state index in [1.807, 2.05) is 96.5 Å². The van der Waals surface area contributed by atoms with E-state index >= 15 is 0 Å². The summed E-state index contributed by atoms with van der Waals surface area (Å²) in [6.07, 6.45) is 16.4. The minimum absolute atomic E-state index is 0.0550. The van der Waals surface area contributed by atoms with E-state index in [1.165, 1.54) is 11.3 Å². The number of benzene rings is 2. The van der Waals surface area contributed by atoms with E-state index in [1.54, 1.807) is 27.6 Å². The van der Waals surface area contributed by atoms with E-state index in [0.717, 1.165) is 86.2 Å². The molecule has 0 saturated carbocycles. The fraction of sp³-hybridized carbons (Fsp3) is 0.548. The molecule has 0 spiro atoms. The predicted molar refractivity (Wildman–Crippen MR) is 328 cm³/mol. The van der Waals surface area contributed by atoms with Crippen molar-refractivity contribution in [1.29, 1.82) is 0 Å². The summed E-state index contributed by atoms with van der Waals surface area (Å²) in [7, 11) is 7.62. The van der Waals surface area contributed by atoms with Crippen molar-refractivity contribution in [3.05, 3.63) is 125 Å². The summed E-state index contributed by atoms with van der Waals surface area (Å²) in [5.41, 5.74) is 3.96. The molecule has 5 amide bonds. The normalized spacial score (nSPS) is 15.9. The van der Waals surface area contributed by atoms with E-state index in [9.17, 15) is 19.2 Å². The molecule has 2 atom stereocenters. The number of amides is 5. The van der Waals surface area contributed by atoms with E-state index in [-0.39, 0.29) is 48.7 Å². The van der Waals surface area contributed by atoms with Crippen LogP contribution in [0, 0.1) is 0 Å². The third kappa shape index (κ3) is 22.4. The number of allylic oxidation sites excluding steroid dienone is 1. The number of urea groups is 1. The summed E-state index contributed by atoms with van der Waals surface area (Å²) in [4.78, 5) is 70.8. The summed E-state index contributed by atoms with van der Waals surface area (Å²) >= 11 is 1.30. The van der Waals surface area contributed by atoms with Crippen molar-refractivity contribution in [1.82, 2.24) is 59.8 Å². The molecular formula is C62H87N13O11S. The number of likely N-dealkylation sites (N-methyl/N-ethyl adjacent to an activating group) is 2. The molecule has 3 aliphatic rings. The lowest BCUT2D eigenvalue weighted by Gasteiger charge is -2.38. The van der Waals surface area contributed by atoms with Crippen molar-refractivity contribution >= 4 is 40.2 Å². The van der Waals surface area contributed by atoms with E-state index in [4.69, 9.17) is 33.2 Å². The molecular weight excluding hydrogens is 1130 g/mol. The Kier molecular flexibility index (Phi) is 26.8. The van der Waals surface area contributed by atoms with Gasteiger partial charge in [-0.2, -0.15) is 0 Å². The number of carbonyl (C=O) groups excluding carboxylic acids is 4. The van der Waals surface area contributed by atoms with Gasteiger partial charge in [0.15, 0.2) is 11.2 Å². The number of ether oxygens (including phenoxy) is 7. The number of nitrogens with zero attached hydrogens (tertiary/aromatic N) is 10. The Bertz CT molecular complexity index is 2940. The van der Waals surface area contributed by atoms with Crippen molar-refractivity contribution in [2.24, 2.45) is 7.05 Å². The molecule has 8 rings (SSSR count). The summed E-state index contributed by atoms with van der Waals surface area (Å²) < 4.78 is 43.8. The maximum absolute atomic E-state index is 14.3. The number of nitrogens with one attached hydrogen (secondary N) is 3. The van der Waals surface area contributed by atoms with Crippen LogP contribution in [-0.2, 0) is 77.5 Å². The van der Waals surface area contributed by atoms with Crippen LogP contribution in [0.1, 0.15) is 72.8 Å². The fourth-order valence-electron chi connectivity index (χ4n) is 10.1. The highest BCUT2D eigenvalue weighted by Crippen LogP contribution is 2.29. The monoisotopic (exact) mass is 1220 g/mol. The molecule has 3 aromatic heterocycles. The molecule has 2 unspecified atom stereocenters. The SMILES string of the molecule is COc1ccc(CNC(=O)C(c2cn(C)cn2)N(C(=O)CCc2ccc(OCCCCN(C)CCOCCOCCc3cn(CCOCCOC4=CCC(NC(=O)Nc5nc(CC(=O)N6CCN(C)CC6)cs5)C=C4)nn3)cc2)C2CCOCC2)cc1. The van der Waals surface area contributed by atoms with Crippen LogP contribution >= 0.6 is 11.3 Å². The van der Waals surface area contributed by atoms with Crippen LogP contribution in [0.2, 0.25) is 0 Å². The van der Waals surface area contributed by atoms with Gasteiger partial charge in [0, 0.05) is 96.2 Å². The minimum Gasteiger partial charge on any atom is -0.497 e. The topological polar surface area (TPSA) is 243 Å². The van der Waals surface area contributed by atoms with Crippen LogP contribution < -0.4 is 25.4 Å². The predicted octanol–water partition coefficient (Wildman–Crippen LogP) is 5.23. The lowest BCUT2D eigenvalue weighted by Crippen LogP contribution is -2.50. The lowest BCUT2D eigenvalue weighted by atomic mass is 10.00. The summed E-state index contributed by atoms with van der Waals surface area (Å²) in [6.45, 7) is 10.8. The van der Waals surface area contributed by atoms with Gasteiger partial charge in [0.05, 0.1) is 95.8 Å². The Morgan fingerprint density at radius 1 is 0.805 bits per heavy atom. The lowest BCUT2D eigenvalue weighted by molar-refractivity contribution is -0.146. The largest absolute Gasteiger partial charge is 0.497 e. The number of imidazole rings is 1. The molecule has 0 radical (unpaired) electrons. The maximum Gasteiger partial charge on any atom is 0.321 e. The third-order valence-corrected chi connectivity index (χ3v) is 16.0. The van der Waals surface area contributed by atoms with E-state index in [0.29, 0.717) is 128 Å². The number of thiazole rings is 1. The third-order valence-electron chi connectivity index (χ3n) is 15.2. The Morgan fingerprint density at radius 3 is 2.30 bits per heavy atom. The summed E-state index contributed by atoms with van der Waals surface area (Å²) in [5, 5.41) is 19.5. The van der Waals surface area contributed by atoms with Crippen molar-refractivity contribution in [2.45, 2.75) is 89.0 Å². The van der Waals surface area contributed by atoms with Crippen molar-refractivity contribution in [2.75, 3.05) is 132 Å². The molecule has 25 heteroatoms. The molecule has 1 aliphatic carbocycles. The van der Waals surface area contributed by atoms with Gasteiger partial charge >= 0.3 is 6.03 Å². The average molecular weight is 1220 g/mol. The van der Waals surface area contributed by atoms with Crippen LogP contribution in [-0.4, -0.2) is 212 Å². The first-order valence-electron chi connectivity index (χ1n) is 30.2. The Morgan fingerprint density at radius 2 is 1.55 bits per heavy atom. The molecule has 0 bridgehead atoms. The fourth-order valence-corrected chi connectivity index (χ4v) is 10.8. The highest BCUT2D eigenvalue weighted by atomic mass is 32.1. The van der Waals surface area contributed by atoms with Crippen molar-refractivity contribution < 1.29 is 52.3 Å². The number of methoxy groups -OCH3 is 1. The molecule has 5 heterocycles. The van der Waals surface area contributed by atoms with Crippen LogP contribution in [0.5, 0.6) is 11.5 Å². The first kappa shape index (κ1) is 65.7. The molecule has 24 nitrogen and oxygen atoms in total. The first-order chi connectivity index (χ1) is 42.4. The number of carbonyl (C=O) groups is 4. The van der Waals surface area contributed by atoms with Gasteiger partial charge in [-0.05, 0) is 107 Å².